The number of aromatic nitrogens is 1. The van der Waals surface area contributed by atoms with E-state index in [-0.39, 0.29) is 33.8 Å². The average Bonchev–Trinajstić information content (AvgIpc) is 3.30. The lowest BCUT2D eigenvalue weighted by Crippen LogP contribution is -2.39. The number of nitrogens with zero attached hydrogens (tertiary/aromatic N) is 2. The molecule has 178 valence electrons. The number of nitrogens with one attached hydrogen (secondary N) is 3. The van der Waals surface area contributed by atoms with Gasteiger partial charge in [0.25, 0.3) is 15.9 Å². The van der Waals surface area contributed by atoms with Crippen molar-refractivity contribution in [3.05, 3.63) is 54.0 Å². The molecule has 1 aliphatic heterocycles. The minimum atomic E-state index is -4.09. The van der Waals surface area contributed by atoms with E-state index in [1.165, 1.54) is 48.5 Å². The highest BCUT2D eigenvalue weighted by Gasteiger charge is 2.29. The number of fused-ring (bicyclic) bond motifs is 1. The number of amides is 3. The van der Waals surface area contributed by atoms with Gasteiger partial charge >= 0.3 is 6.03 Å². The van der Waals surface area contributed by atoms with Crippen LogP contribution in [0.1, 0.15) is 10.4 Å². The second-order valence-corrected chi connectivity index (χ2v) is 9.78. The number of carbonyl (C=O) groups excluding carboxylic acids is 2. The molecule has 34 heavy (non-hydrogen) atoms. The number of methoxy groups -OCH3 is 1. The van der Waals surface area contributed by atoms with Crippen molar-refractivity contribution in [2.24, 2.45) is 0 Å². The number of benzene rings is 1. The van der Waals surface area contributed by atoms with Gasteiger partial charge in [0.05, 0.1) is 30.2 Å². The first-order valence-corrected chi connectivity index (χ1v) is 11.9. The molecule has 11 nitrogen and oxygen atoms in total. The quantitative estimate of drug-likeness (QED) is 0.463. The lowest BCUT2D eigenvalue weighted by molar-refractivity contribution is 0.0936. The van der Waals surface area contributed by atoms with Gasteiger partial charge in [0.1, 0.15) is 21.6 Å². The topological polar surface area (TPSA) is 139 Å². The van der Waals surface area contributed by atoms with Gasteiger partial charge in [-0.05, 0) is 30.3 Å². The van der Waals surface area contributed by atoms with Crippen LogP contribution in [0.4, 0.5) is 26.4 Å². The number of carbonyl (C=O) groups is 2. The van der Waals surface area contributed by atoms with Crippen molar-refractivity contribution in [1.29, 1.82) is 0 Å². The Morgan fingerprint density at radius 1 is 1.26 bits per heavy atom. The number of hydrogen-bond acceptors (Lipinski definition) is 9. The standard InChI is InChI=1S/C20H18FN5O6S2/c1-22-14-8-15-12(7-13(14)21)19(27)26(10-32-15)11-3-4-16(23-9-11)24-20(28)25-34(29,30)18-6-5-17(31-2)33-18/h3-9,22H,10H2,1-2H3,(H2,23,24,25,28). The minimum Gasteiger partial charge on any atom is -0.487 e. The highest BCUT2D eigenvalue weighted by molar-refractivity contribution is 7.92. The molecule has 1 aromatic carbocycles. The molecule has 0 fully saturated rings. The lowest BCUT2D eigenvalue weighted by atomic mass is 10.1. The SMILES string of the molecule is CNc1cc2c(cc1F)C(=O)N(c1ccc(NC(=O)NS(=O)(=O)c3ccc(OC)s3)nc1)CO2. The van der Waals surface area contributed by atoms with Crippen LogP contribution in [0.25, 0.3) is 0 Å². The zero-order chi connectivity index (χ0) is 24.5. The van der Waals surface area contributed by atoms with E-state index in [9.17, 15) is 22.4 Å². The zero-order valence-electron chi connectivity index (χ0n) is 17.8. The maximum absolute atomic E-state index is 14.1. The summed E-state index contributed by atoms with van der Waals surface area (Å²) in [4.78, 5) is 30.2. The first-order valence-electron chi connectivity index (χ1n) is 9.61. The summed E-state index contributed by atoms with van der Waals surface area (Å²) in [6.45, 7) is -0.127. The molecule has 1 aliphatic rings. The van der Waals surface area contributed by atoms with Crippen molar-refractivity contribution in [2.45, 2.75) is 4.21 Å². The van der Waals surface area contributed by atoms with E-state index in [2.05, 4.69) is 15.6 Å². The molecule has 0 spiro atoms. The third-order valence-corrected chi connectivity index (χ3v) is 7.58. The highest BCUT2D eigenvalue weighted by Crippen LogP contribution is 2.32. The predicted molar refractivity (Wildman–Crippen MR) is 123 cm³/mol. The maximum atomic E-state index is 14.1. The number of hydrogen-bond donors (Lipinski definition) is 3. The van der Waals surface area contributed by atoms with Crippen molar-refractivity contribution in [3.8, 4) is 10.8 Å². The third-order valence-electron chi connectivity index (χ3n) is 4.71. The Labute approximate surface area is 197 Å². The van der Waals surface area contributed by atoms with Gasteiger partial charge in [0.15, 0.2) is 11.8 Å². The van der Waals surface area contributed by atoms with Gasteiger partial charge in [-0.1, -0.05) is 11.3 Å². The maximum Gasteiger partial charge on any atom is 0.334 e. The second-order valence-electron chi connectivity index (χ2n) is 6.82. The van der Waals surface area contributed by atoms with Gasteiger partial charge in [-0.3, -0.25) is 15.0 Å². The largest absolute Gasteiger partial charge is 0.487 e. The summed E-state index contributed by atoms with van der Waals surface area (Å²) >= 11 is 0.860. The van der Waals surface area contributed by atoms with Crippen LogP contribution in [0.5, 0.6) is 10.8 Å². The smallest absolute Gasteiger partial charge is 0.334 e. The summed E-state index contributed by atoms with van der Waals surface area (Å²) in [6, 6.07) is 7.12. The molecule has 2 aromatic heterocycles. The van der Waals surface area contributed by atoms with Crippen molar-refractivity contribution >= 4 is 50.5 Å². The molecular weight excluding hydrogens is 489 g/mol. The van der Waals surface area contributed by atoms with E-state index in [4.69, 9.17) is 9.47 Å². The number of urea groups is 1. The van der Waals surface area contributed by atoms with Crippen molar-refractivity contribution in [1.82, 2.24) is 9.71 Å². The van der Waals surface area contributed by atoms with Gasteiger partial charge in [-0.25, -0.2) is 27.3 Å². The number of sulfonamides is 1. The number of rotatable bonds is 6. The van der Waals surface area contributed by atoms with Crippen LogP contribution in [-0.2, 0) is 10.0 Å². The molecule has 3 heterocycles. The van der Waals surface area contributed by atoms with Crippen LogP contribution in [0, 0.1) is 5.82 Å². The van der Waals surface area contributed by atoms with Crippen molar-refractivity contribution < 1.29 is 31.9 Å². The van der Waals surface area contributed by atoms with Crippen LogP contribution in [0.3, 0.4) is 0 Å². The van der Waals surface area contributed by atoms with Crippen molar-refractivity contribution in [3.63, 3.8) is 0 Å². The molecule has 3 N–H and O–H groups in total. The Balaban J connectivity index is 1.43. The molecule has 0 unspecified atom stereocenters. The fourth-order valence-electron chi connectivity index (χ4n) is 3.05. The molecule has 14 heteroatoms. The minimum absolute atomic E-state index is 0.0377. The van der Waals surface area contributed by atoms with Crippen LogP contribution >= 0.6 is 11.3 Å². The summed E-state index contributed by atoms with van der Waals surface area (Å²) in [5.41, 5.74) is 0.591. The first kappa shape index (κ1) is 23.3. The molecule has 0 atom stereocenters. The Morgan fingerprint density at radius 3 is 2.71 bits per heavy atom. The van der Waals surface area contributed by atoms with E-state index in [0.717, 1.165) is 17.4 Å². The van der Waals surface area contributed by atoms with Gasteiger partial charge in [-0.15, -0.1) is 0 Å². The molecule has 3 aromatic rings. The van der Waals surface area contributed by atoms with Crippen LogP contribution in [0.2, 0.25) is 0 Å². The molecule has 0 bridgehead atoms. The van der Waals surface area contributed by atoms with E-state index in [1.54, 1.807) is 7.05 Å². The second kappa shape index (κ2) is 9.15. The Morgan fingerprint density at radius 2 is 2.06 bits per heavy atom. The summed E-state index contributed by atoms with van der Waals surface area (Å²) in [5.74, 6) is -0.796. The monoisotopic (exact) mass is 507 g/mol. The first-order chi connectivity index (χ1) is 16.2. The van der Waals surface area contributed by atoms with E-state index in [1.807, 2.05) is 4.72 Å². The Bertz CT molecular complexity index is 1360. The van der Waals surface area contributed by atoms with Gasteiger partial charge in [-0.2, -0.15) is 0 Å². The summed E-state index contributed by atoms with van der Waals surface area (Å²) in [6.07, 6.45) is 1.29. The van der Waals surface area contributed by atoms with Crippen LogP contribution < -0.4 is 29.7 Å². The molecule has 0 aliphatic carbocycles. The normalized spacial score (nSPS) is 13.0. The van der Waals surface area contributed by atoms with Crippen molar-refractivity contribution in [2.75, 3.05) is 36.4 Å². The lowest BCUT2D eigenvalue weighted by Gasteiger charge is -2.29. The van der Waals surface area contributed by atoms with Crippen LogP contribution in [-0.4, -0.2) is 46.2 Å². The summed E-state index contributed by atoms with van der Waals surface area (Å²) < 4.78 is 51.0. The number of halogens is 1. The van der Waals surface area contributed by atoms with E-state index in [0.29, 0.717) is 10.8 Å². The molecule has 4 rings (SSSR count). The highest BCUT2D eigenvalue weighted by atomic mass is 32.2. The number of pyridine rings is 1. The number of thiophene rings is 1. The van der Waals surface area contributed by atoms with E-state index >= 15 is 0 Å². The molecular formula is C20H18FN5O6S2. The van der Waals surface area contributed by atoms with Crippen LogP contribution in [0.15, 0.2) is 46.8 Å². The number of ether oxygens (including phenoxy) is 2. The predicted octanol–water partition coefficient (Wildman–Crippen LogP) is 2.84. The number of anilines is 3. The van der Waals surface area contributed by atoms with Gasteiger partial charge < -0.3 is 14.8 Å². The molecule has 0 radical (unpaired) electrons. The molecule has 0 saturated carbocycles. The van der Waals surface area contributed by atoms with Gasteiger partial charge in [0, 0.05) is 13.1 Å². The third kappa shape index (κ3) is 4.58. The fourth-order valence-corrected chi connectivity index (χ4v) is 5.06. The zero-order valence-corrected chi connectivity index (χ0v) is 19.4. The Kier molecular flexibility index (Phi) is 6.26. The van der Waals surface area contributed by atoms with Gasteiger partial charge in [0.2, 0.25) is 0 Å². The average molecular weight is 508 g/mol. The van der Waals surface area contributed by atoms with E-state index < -0.39 is 27.8 Å². The summed E-state index contributed by atoms with van der Waals surface area (Å²) in [7, 11) is -1.14. The summed E-state index contributed by atoms with van der Waals surface area (Å²) in [5, 5.41) is 5.36. The molecule has 0 saturated heterocycles. The molecule has 3 amide bonds. The fraction of sp³-hybridized carbons (Fsp3) is 0.150. The Hall–Kier alpha value is -3.91.